The van der Waals surface area contributed by atoms with Crippen LogP contribution in [0.5, 0.6) is 11.5 Å². The molecule has 2 N–H and O–H groups in total. The molecule has 5 nitrogen and oxygen atoms in total. The predicted molar refractivity (Wildman–Crippen MR) is 103 cm³/mol. The number of guanidine groups is 1. The average molecular weight is 341 g/mol. The van der Waals surface area contributed by atoms with Crippen LogP contribution in [0.2, 0.25) is 0 Å². The lowest BCUT2D eigenvalue weighted by Crippen LogP contribution is -2.37. The molecule has 0 spiro atoms. The molecule has 0 amide bonds. The van der Waals surface area contributed by atoms with E-state index in [-0.39, 0.29) is 0 Å². The summed E-state index contributed by atoms with van der Waals surface area (Å²) in [5.74, 6) is 2.56. The lowest BCUT2D eigenvalue weighted by atomic mass is 10.1. The molecule has 0 aliphatic heterocycles. The highest BCUT2D eigenvalue weighted by molar-refractivity contribution is 5.79. The summed E-state index contributed by atoms with van der Waals surface area (Å²) < 4.78 is 10.8. The Morgan fingerprint density at radius 2 is 1.80 bits per heavy atom. The van der Waals surface area contributed by atoms with Crippen LogP contribution in [0, 0.1) is 0 Å². The van der Waals surface area contributed by atoms with Gasteiger partial charge in [0.25, 0.3) is 0 Å². The molecule has 0 atom stereocenters. The van der Waals surface area contributed by atoms with E-state index in [1.807, 2.05) is 37.3 Å². The van der Waals surface area contributed by atoms with Gasteiger partial charge in [-0.1, -0.05) is 30.3 Å². The van der Waals surface area contributed by atoms with Crippen LogP contribution < -0.4 is 20.1 Å². The van der Waals surface area contributed by atoms with Crippen molar-refractivity contribution in [1.29, 1.82) is 0 Å². The van der Waals surface area contributed by atoms with Crippen molar-refractivity contribution >= 4 is 5.96 Å². The summed E-state index contributed by atoms with van der Waals surface area (Å²) in [7, 11) is 3.45. The molecule has 0 aliphatic carbocycles. The van der Waals surface area contributed by atoms with Gasteiger partial charge in [-0.3, -0.25) is 4.99 Å². The topological polar surface area (TPSA) is 54.9 Å². The molecule has 0 saturated carbocycles. The third kappa shape index (κ3) is 6.03. The van der Waals surface area contributed by atoms with Crippen LogP contribution in [0.4, 0.5) is 0 Å². The normalized spacial score (nSPS) is 11.1. The van der Waals surface area contributed by atoms with Crippen molar-refractivity contribution in [2.75, 3.05) is 27.3 Å². The smallest absolute Gasteiger partial charge is 0.191 e. The van der Waals surface area contributed by atoms with Gasteiger partial charge in [-0.05, 0) is 37.1 Å². The van der Waals surface area contributed by atoms with E-state index < -0.39 is 0 Å². The lowest BCUT2D eigenvalue weighted by Gasteiger charge is -2.14. The van der Waals surface area contributed by atoms with Gasteiger partial charge in [-0.2, -0.15) is 0 Å². The van der Waals surface area contributed by atoms with Gasteiger partial charge in [0.05, 0.1) is 13.7 Å². The highest BCUT2D eigenvalue weighted by atomic mass is 16.5. The molecule has 2 aromatic rings. The molecule has 2 rings (SSSR count). The summed E-state index contributed by atoms with van der Waals surface area (Å²) in [5.41, 5.74) is 2.37. The van der Waals surface area contributed by atoms with E-state index in [4.69, 9.17) is 9.47 Å². The molecule has 0 heterocycles. The number of nitrogens with one attached hydrogen (secondary N) is 2. The Bertz CT molecular complexity index is 669. The van der Waals surface area contributed by atoms with Gasteiger partial charge in [0.15, 0.2) is 5.96 Å². The van der Waals surface area contributed by atoms with Crippen molar-refractivity contribution in [3.05, 3.63) is 59.7 Å². The van der Waals surface area contributed by atoms with Crippen molar-refractivity contribution < 1.29 is 9.47 Å². The fourth-order valence-electron chi connectivity index (χ4n) is 2.46. The van der Waals surface area contributed by atoms with E-state index in [2.05, 4.69) is 33.8 Å². The zero-order valence-corrected chi connectivity index (χ0v) is 15.2. The standard InChI is InChI=1S/C20H27N3O2/c1-4-25-19-8-6-5-7-17(19)15-23-20(21-2)22-14-13-16-9-11-18(24-3)12-10-16/h5-12H,4,13-15H2,1-3H3,(H2,21,22,23). The second-order valence-electron chi connectivity index (χ2n) is 5.49. The van der Waals surface area contributed by atoms with Gasteiger partial charge in [0.2, 0.25) is 0 Å². The van der Waals surface area contributed by atoms with Crippen molar-refractivity contribution in [3.63, 3.8) is 0 Å². The average Bonchev–Trinajstić information content (AvgIpc) is 2.66. The second-order valence-corrected chi connectivity index (χ2v) is 5.49. The van der Waals surface area contributed by atoms with Crippen LogP contribution in [0.1, 0.15) is 18.1 Å². The first-order chi connectivity index (χ1) is 12.3. The Hall–Kier alpha value is -2.69. The van der Waals surface area contributed by atoms with Crippen molar-refractivity contribution in [2.45, 2.75) is 19.9 Å². The maximum Gasteiger partial charge on any atom is 0.191 e. The number of ether oxygens (including phenoxy) is 2. The van der Waals surface area contributed by atoms with Crippen LogP contribution in [0.15, 0.2) is 53.5 Å². The van der Waals surface area contributed by atoms with E-state index >= 15 is 0 Å². The molecule has 0 aromatic heterocycles. The SMILES string of the molecule is CCOc1ccccc1CNC(=NC)NCCc1ccc(OC)cc1. The first kappa shape index (κ1) is 18.6. The van der Waals surface area contributed by atoms with Crippen LogP contribution >= 0.6 is 0 Å². The van der Waals surface area contributed by atoms with E-state index in [1.54, 1.807) is 14.2 Å². The number of hydrogen-bond acceptors (Lipinski definition) is 3. The molecule has 25 heavy (non-hydrogen) atoms. The van der Waals surface area contributed by atoms with E-state index in [1.165, 1.54) is 5.56 Å². The summed E-state index contributed by atoms with van der Waals surface area (Å²) in [6, 6.07) is 16.2. The fourth-order valence-corrected chi connectivity index (χ4v) is 2.46. The predicted octanol–water partition coefficient (Wildman–Crippen LogP) is 3.00. The summed E-state index contributed by atoms with van der Waals surface area (Å²) >= 11 is 0. The molecule has 0 saturated heterocycles. The molecule has 5 heteroatoms. The third-order valence-electron chi connectivity index (χ3n) is 3.81. The molecule has 0 bridgehead atoms. The molecule has 0 fully saturated rings. The minimum Gasteiger partial charge on any atom is -0.497 e. The Morgan fingerprint density at radius 1 is 1.04 bits per heavy atom. The van der Waals surface area contributed by atoms with Crippen molar-refractivity contribution in [3.8, 4) is 11.5 Å². The number of aliphatic imine (C=N–C) groups is 1. The van der Waals surface area contributed by atoms with Gasteiger partial charge in [-0.15, -0.1) is 0 Å². The number of rotatable bonds is 8. The van der Waals surface area contributed by atoms with E-state index in [0.717, 1.165) is 36.0 Å². The van der Waals surface area contributed by atoms with E-state index in [9.17, 15) is 0 Å². The minimum absolute atomic E-state index is 0.659. The molecule has 0 radical (unpaired) electrons. The molecular weight excluding hydrogens is 314 g/mol. The summed E-state index contributed by atoms with van der Waals surface area (Å²) in [6.45, 7) is 4.12. The minimum atomic E-state index is 0.659. The van der Waals surface area contributed by atoms with Gasteiger partial charge >= 0.3 is 0 Å². The third-order valence-corrected chi connectivity index (χ3v) is 3.81. The number of benzene rings is 2. The van der Waals surface area contributed by atoms with Crippen LogP contribution in [0.3, 0.4) is 0 Å². The van der Waals surface area contributed by atoms with Crippen LogP contribution in [0.25, 0.3) is 0 Å². The quantitative estimate of drug-likeness (QED) is 0.572. The molecule has 134 valence electrons. The van der Waals surface area contributed by atoms with Gasteiger partial charge in [0, 0.05) is 25.7 Å². The van der Waals surface area contributed by atoms with Crippen LogP contribution in [-0.4, -0.2) is 33.3 Å². The number of hydrogen-bond donors (Lipinski definition) is 2. The molecule has 0 aliphatic rings. The van der Waals surface area contributed by atoms with Gasteiger partial charge < -0.3 is 20.1 Å². The summed E-state index contributed by atoms with van der Waals surface area (Å²) in [4.78, 5) is 4.27. The molecule has 0 unspecified atom stereocenters. The highest BCUT2D eigenvalue weighted by Gasteiger charge is 2.04. The summed E-state index contributed by atoms with van der Waals surface area (Å²) in [6.07, 6.45) is 0.917. The first-order valence-corrected chi connectivity index (χ1v) is 8.55. The van der Waals surface area contributed by atoms with Crippen LogP contribution in [-0.2, 0) is 13.0 Å². The Balaban J connectivity index is 1.80. The monoisotopic (exact) mass is 341 g/mol. The zero-order chi connectivity index (χ0) is 17.9. The lowest BCUT2D eigenvalue weighted by molar-refractivity contribution is 0.336. The number of methoxy groups -OCH3 is 1. The van der Waals surface area contributed by atoms with Gasteiger partial charge in [0.1, 0.15) is 11.5 Å². The first-order valence-electron chi connectivity index (χ1n) is 8.55. The fraction of sp³-hybridized carbons (Fsp3) is 0.350. The maximum absolute atomic E-state index is 5.65. The maximum atomic E-state index is 5.65. The van der Waals surface area contributed by atoms with Gasteiger partial charge in [-0.25, -0.2) is 0 Å². The molecule has 2 aromatic carbocycles. The zero-order valence-electron chi connectivity index (χ0n) is 15.2. The number of nitrogens with zero attached hydrogens (tertiary/aromatic N) is 1. The van der Waals surface area contributed by atoms with E-state index in [0.29, 0.717) is 13.2 Å². The highest BCUT2D eigenvalue weighted by Crippen LogP contribution is 2.17. The van der Waals surface area contributed by atoms with Crippen molar-refractivity contribution in [2.24, 2.45) is 4.99 Å². The van der Waals surface area contributed by atoms with Crippen molar-refractivity contribution in [1.82, 2.24) is 10.6 Å². The molecular formula is C20H27N3O2. The Morgan fingerprint density at radius 3 is 2.48 bits per heavy atom. The Kier molecular flexibility index (Phi) is 7.63. The Labute approximate surface area is 150 Å². The number of para-hydroxylation sites is 1. The summed E-state index contributed by atoms with van der Waals surface area (Å²) in [5, 5.41) is 6.66. The largest absolute Gasteiger partial charge is 0.497 e. The second kappa shape index (κ2) is 10.2.